The summed E-state index contributed by atoms with van der Waals surface area (Å²) in [6, 6.07) is 7.42. The zero-order chi connectivity index (χ0) is 19.3. The van der Waals surface area contributed by atoms with Crippen LogP contribution in [-0.2, 0) is 16.1 Å². The number of carbonyl (C=O) groups excluding carboxylic acids is 2. The van der Waals surface area contributed by atoms with Crippen molar-refractivity contribution >= 4 is 17.4 Å². The van der Waals surface area contributed by atoms with E-state index in [9.17, 15) is 19.7 Å². The highest BCUT2D eigenvalue weighted by molar-refractivity contribution is 5.98. The van der Waals surface area contributed by atoms with E-state index < -0.39 is 4.92 Å². The molecule has 0 atom stereocenters. The van der Waals surface area contributed by atoms with Gasteiger partial charge >= 0.3 is 5.97 Å². The lowest BCUT2D eigenvalue weighted by atomic mass is 10.1. The number of methoxy groups -OCH3 is 1. The normalized spacial score (nSPS) is 10.4. The topological polar surface area (TPSA) is 101 Å². The predicted octanol–water partition coefficient (Wildman–Crippen LogP) is 2.84. The van der Waals surface area contributed by atoms with Crippen molar-refractivity contribution in [1.82, 2.24) is 4.57 Å². The number of nitrogens with zero attached hydrogens (tertiary/aromatic N) is 2. The first-order chi connectivity index (χ1) is 12.3. The number of hydrogen-bond donors (Lipinski definition) is 0. The molecule has 0 saturated carbocycles. The van der Waals surface area contributed by atoms with Crippen molar-refractivity contribution in [3.63, 3.8) is 0 Å². The van der Waals surface area contributed by atoms with E-state index in [1.807, 2.05) is 11.5 Å². The first-order valence-corrected chi connectivity index (χ1v) is 7.97. The van der Waals surface area contributed by atoms with E-state index in [-0.39, 0.29) is 36.2 Å². The quantitative estimate of drug-likeness (QED) is 0.310. The average molecular weight is 360 g/mol. The van der Waals surface area contributed by atoms with Crippen LogP contribution in [0.3, 0.4) is 0 Å². The molecule has 1 heterocycles. The van der Waals surface area contributed by atoms with Crippen molar-refractivity contribution < 1.29 is 24.0 Å². The van der Waals surface area contributed by atoms with Gasteiger partial charge in [0.05, 0.1) is 24.5 Å². The number of aromatic nitrogens is 1. The number of rotatable bonds is 8. The van der Waals surface area contributed by atoms with Gasteiger partial charge in [-0.3, -0.25) is 19.7 Å². The number of aryl methyl sites for hydroxylation is 1. The van der Waals surface area contributed by atoms with E-state index in [0.717, 1.165) is 11.4 Å². The predicted molar refractivity (Wildman–Crippen MR) is 93.5 cm³/mol. The minimum Gasteiger partial charge on any atom is -0.485 e. The molecule has 1 aromatic carbocycles. The zero-order valence-corrected chi connectivity index (χ0v) is 14.9. The average Bonchev–Trinajstić information content (AvgIpc) is 2.91. The van der Waals surface area contributed by atoms with E-state index in [1.165, 1.54) is 25.3 Å². The molecule has 8 nitrogen and oxygen atoms in total. The van der Waals surface area contributed by atoms with Crippen molar-refractivity contribution in [2.75, 3.05) is 13.7 Å². The Hall–Kier alpha value is -3.16. The number of carbonyl (C=O) groups is 2. The summed E-state index contributed by atoms with van der Waals surface area (Å²) in [5, 5.41) is 10.8. The van der Waals surface area contributed by atoms with Crippen LogP contribution in [0.5, 0.6) is 5.75 Å². The Morgan fingerprint density at radius 2 is 1.96 bits per heavy atom. The number of non-ortho nitro benzene ring substituents is 1. The van der Waals surface area contributed by atoms with Gasteiger partial charge in [-0.05, 0) is 26.0 Å². The Morgan fingerprint density at radius 1 is 1.23 bits per heavy atom. The lowest BCUT2D eigenvalue weighted by molar-refractivity contribution is -0.384. The van der Waals surface area contributed by atoms with Gasteiger partial charge in [-0.15, -0.1) is 0 Å². The minimum absolute atomic E-state index is 0.101. The summed E-state index contributed by atoms with van der Waals surface area (Å²) >= 11 is 0. The molecule has 2 rings (SSSR count). The van der Waals surface area contributed by atoms with Crippen molar-refractivity contribution in [1.29, 1.82) is 0 Å². The summed E-state index contributed by atoms with van der Waals surface area (Å²) in [6.07, 6.45) is 0.213. The highest BCUT2D eigenvalue weighted by Gasteiger charge is 2.17. The molecular formula is C18H20N2O6. The fourth-order valence-electron chi connectivity index (χ4n) is 2.65. The van der Waals surface area contributed by atoms with Gasteiger partial charge in [0.25, 0.3) is 5.69 Å². The maximum absolute atomic E-state index is 12.5. The van der Waals surface area contributed by atoms with E-state index in [1.54, 1.807) is 19.1 Å². The van der Waals surface area contributed by atoms with Crippen LogP contribution in [-0.4, -0.2) is 35.0 Å². The fraction of sp³-hybridized carbons (Fsp3) is 0.333. The lowest BCUT2D eigenvalue weighted by Gasteiger charge is -2.09. The Kier molecular flexibility index (Phi) is 6.11. The third kappa shape index (κ3) is 4.47. The standard InChI is InChI=1S/C18H20N2O6/c1-12-9-16(13(2)19(12)8-7-18(22)25-3)17(21)11-26-15-6-4-5-14(10-15)20(23)24/h4-6,9-10H,7-8,11H2,1-3H3. The second-order valence-corrected chi connectivity index (χ2v) is 5.73. The second-order valence-electron chi connectivity index (χ2n) is 5.73. The number of ether oxygens (including phenoxy) is 2. The number of hydrogen-bond acceptors (Lipinski definition) is 6. The van der Waals surface area contributed by atoms with E-state index in [4.69, 9.17) is 4.74 Å². The molecule has 0 saturated heterocycles. The minimum atomic E-state index is -0.524. The highest BCUT2D eigenvalue weighted by atomic mass is 16.6. The van der Waals surface area contributed by atoms with Crippen molar-refractivity contribution in [2.24, 2.45) is 0 Å². The number of ketones is 1. The summed E-state index contributed by atoms with van der Waals surface area (Å²) in [5.74, 6) is -0.305. The molecule has 0 N–H and O–H groups in total. The molecule has 0 aliphatic carbocycles. The number of nitro groups is 1. The maximum atomic E-state index is 12.5. The SMILES string of the molecule is COC(=O)CCn1c(C)cc(C(=O)COc2cccc([N+](=O)[O-])c2)c1C. The molecule has 2 aromatic rings. The van der Waals surface area contributed by atoms with Gasteiger partial charge in [0, 0.05) is 29.6 Å². The van der Waals surface area contributed by atoms with Gasteiger partial charge in [0.1, 0.15) is 5.75 Å². The molecule has 138 valence electrons. The Bertz CT molecular complexity index is 840. The number of Topliss-reactive ketones (excluding diaryl/α,β-unsaturated/α-hetero) is 1. The summed E-state index contributed by atoms with van der Waals surface area (Å²) in [6.45, 7) is 3.83. The van der Waals surface area contributed by atoms with Crippen LogP contribution in [0.4, 0.5) is 5.69 Å². The fourth-order valence-corrected chi connectivity index (χ4v) is 2.65. The summed E-state index contributed by atoms with van der Waals surface area (Å²) in [4.78, 5) is 34.0. The van der Waals surface area contributed by atoms with Crippen LogP contribution < -0.4 is 4.74 Å². The third-order valence-corrected chi connectivity index (χ3v) is 4.04. The number of nitro benzene ring substituents is 1. The van der Waals surface area contributed by atoms with Crippen LogP contribution >= 0.6 is 0 Å². The summed E-state index contributed by atoms with van der Waals surface area (Å²) in [5.41, 5.74) is 1.98. The van der Waals surface area contributed by atoms with Crippen LogP contribution in [0.25, 0.3) is 0 Å². The molecule has 1 aromatic heterocycles. The van der Waals surface area contributed by atoms with Gasteiger partial charge in [-0.25, -0.2) is 0 Å². The smallest absolute Gasteiger partial charge is 0.307 e. The highest BCUT2D eigenvalue weighted by Crippen LogP contribution is 2.20. The Morgan fingerprint density at radius 3 is 2.62 bits per heavy atom. The molecule has 26 heavy (non-hydrogen) atoms. The molecule has 8 heteroatoms. The van der Waals surface area contributed by atoms with Crippen LogP contribution in [0.2, 0.25) is 0 Å². The molecule has 0 bridgehead atoms. The molecule has 0 radical (unpaired) electrons. The second kappa shape index (κ2) is 8.28. The molecule has 0 spiro atoms. The maximum Gasteiger partial charge on any atom is 0.307 e. The first-order valence-electron chi connectivity index (χ1n) is 7.97. The van der Waals surface area contributed by atoms with Gasteiger partial charge < -0.3 is 14.0 Å². The van der Waals surface area contributed by atoms with Gasteiger partial charge in [0.15, 0.2) is 6.61 Å². The lowest BCUT2D eigenvalue weighted by Crippen LogP contribution is -2.14. The molecular weight excluding hydrogens is 340 g/mol. The largest absolute Gasteiger partial charge is 0.485 e. The molecule has 0 aliphatic heterocycles. The van der Waals surface area contributed by atoms with Gasteiger partial charge in [-0.2, -0.15) is 0 Å². The van der Waals surface area contributed by atoms with Crippen molar-refractivity contribution in [3.05, 3.63) is 57.4 Å². The molecule has 0 unspecified atom stereocenters. The van der Waals surface area contributed by atoms with E-state index in [2.05, 4.69) is 4.74 Å². The monoisotopic (exact) mass is 360 g/mol. The van der Waals surface area contributed by atoms with Crippen LogP contribution in [0.15, 0.2) is 30.3 Å². The number of benzene rings is 1. The molecule has 0 fully saturated rings. The Balaban J connectivity index is 2.07. The van der Waals surface area contributed by atoms with Crippen LogP contribution in [0.1, 0.15) is 28.2 Å². The Labute approximate surface area is 150 Å². The first kappa shape index (κ1) is 19.2. The summed E-state index contributed by atoms with van der Waals surface area (Å²) < 4.78 is 11.9. The van der Waals surface area contributed by atoms with Crippen LogP contribution in [0, 0.1) is 24.0 Å². The number of esters is 1. The molecule has 0 aliphatic rings. The van der Waals surface area contributed by atoms with Crippen molar-refractivity contribution in [3.8, 4) is 5.75 Å². The van der Waals surface area contributed by atoms with Crippen molar-refractivity contribution in [2.45, 2.75) is 26.8 Å². The van der Waals surface area contributed by atoms with Gasteiger partial charge in [0.2, 0.25) is 5.78 Å². The van der Waals surface area contributed by atoms with E-state index >= 15 is 0 Å². The molecule has 0 amide bonds. The van der Waals surface area contributed by atoms with E-state index in [0.29, 0.717) is 12.1 Å². The van der Waals surface area contributed by atoms with Gasteiger partial charge in [-0.1, -0.05) is 6.07 Å². The third-order valence-electron chi connectivity index (χ3n) is 4.04. The summed E-state index contributed by atoms with van der Waals surface area (Å²) in [7, 11) is 1.33. The zero-order valence-electron chi connectivity index (χ0n) is 14.9.